The molecule has 0 spiro atoms. The summed E-state index contributed by atoms with van der Waals surface area (Å²) in [5.41, 5.74) is 0.288. The highest BCUT2D eigenvalue weighted by Crippen LogP contribution is 2.25. The highest BCUT2D eigenvalue weighted by molar-refractivity contribution is 5.90. The van der Waals surface area contributed by atoms with Crippen LogP contribution in [0.25, 0.3) is 0 Å². The minimum absolute atomic E-state index is 0.115. The Kier molecular flexibility index (Phi) is 3.09. The van der Waals surface area contributed by atoms with Gasteiger partial charge in [-0.2, -0.15) is 0 Å². The van der Waals surface area contributed by atoms with Crippen LogP contribution >= 0.6 is 0 Å². The molecule has 0 aliphatic heterocycles. The summed E-state index contributed by atoms with van der Waals surface area (Å²) in [6.45, 7) is 1.63. The average molecular weight is 246 g/mol. The molecule has 6 nitrogen and oxygen atoms in total. The van der Waals surface area contributed by atoms with Gasteiger partial charge in [0.05, 0.1) is 18.0 Å². The van der Waals surface area contributed by atoms with E-state index in [1.807, 2.05) is 0 Å². The van der Waals surface area contributed by atoms with E-state index in [-0.39, 0.29) is 17.0 Å². The molecule has 1 aromatic carbocycles. The zero-order chi connectivity index (χ0) is 13.1. The van der Waals surface area contributed by atoms with Crippen LogP contribution in [0.3, 0.4) is 0 Å². The van der Waals surface area contributed by atoms with Crippen molar-refractivity contribution in [2.24, 2.45) is 0 Å². The molecule has 6 heteroatoms. The number of nitrogens with zero attached hydrogens (tertiary/aromatic N) is 1. The third kappa shape index (κ3) is 2.37. The predicted octanol–water partition coefficient (Wildman–Crippen LogP) is 1.57. The summed E-state index contributed by atoms with van der Waals surface area (Å²) >= 11 is 0. The van der Waals surface area contributed by atoms with Gasteiger partial charge < -0.3 is 14.8 Å². The van der Waals surface area contributed by atoms with Crippen molar-refractivity contribution in [2.45, 2.75) is 6.92 Å². The Balaban J connectivity index is 2.38. The fourth-order valence-corrected chi connectivity index (χ4v) is 1.48. The van der Waals surface area contributed by atoms with E-state index in [0.29, 0.717) is 11.3 Å². The molecule has 0 saturated carbocycles. The summed E-state index contributed by atoms with van der Waals surface area (Å²) in [6, 6.07) is 5.85. The van der Waals surface area contributed by atoms with Crippen LogP contribution in [0.4, 0.5) is 0 Å². The Morgan fingerprint density at radius 2 is 2.22 bits per heavy atom. The number of rotatable bonds is 3. The summed E-state index contributed by atoms with van der Waals surface area (Å²) in [4.78, 5) is 28.2. The Bertz CT molecular complexity index is 649. The summed E-state index contributed by atoms with van der Waals surface area (Å²) < 4.78 is 5.39. The van der Waals surface area contributed by atoms with Crippen LogP contribution < -0.4 is 10.3 Å². The molecule has 0 radical (unpaired) electrons. The maximum Gasteiger partial charge on any atom is 0.336 e. The van der Waals surface area contributed by atoms with Gasteiger partial charge in [-0.15, -0.1) is 0 Å². The van der Waals surface area contributed by atoms with Crippen molar-refractivity contribution in [3.8, 4) is 11.6 Å². The second-order valence-corrected chi connectivity index (χ2v) is 3.59. The van der Waals surface area contributed by atoms with Gasteiger partial charge in [0.1, 0.15) is 5.75 Å². The first kappa shape index (κ1) is 11.8. The van der Waals surface area contributed by atoms with Crippen molar-refractivity contribution in [2.75, 3.05) is 0 Å². The van der Waals surface area contributed by atoms with Crippen LogP contribution in [-0.4, -0.2) is 21.0 Å². The van der Waals surface area contributed by atoms with E-state index in [1.165, 1.54) is 18.5 Å². The number of carboxylic acid groups (broad SMARTS) is 1. The first-order valence-corrected chi connectivity index (χ1v) is 5.13. The number of nitrogens with one attached hydrogen (secondary N) is 1. The molecule has 0 unspecified atom stereocenters. The summed E-state index contributed by atoms with van der Waals surface area (Å²) in [5.74, 6) is -0.561. The fourth-order valence-electron chi connectivity index (χ4n) is 1.48. The molecule has 1 aromatic heterocycles. The Morgan fingerprint density at radius 1 is 1.44 bits per heavy atom. The molecule has 0 fully saturated rings. The lowest BCUT2D eigenvalue weighted by Crippen LogP contribution is -2.05. The minimum atomic E-state index is -1.03. The molecule has 92 valence electrons. The number of H-pyrrole nitrogens is 1. The summed E-state index contributed by atoms with van der Waals surface area (Å²) in [5, 5.41) is 8.97. The molecular weight excluding hydrogens is 236 g/mol. The quantitative estimate of drug-likeness (QED) is 0.857. The SMILES string of the molecule is Cc1c(Oc2cc(=O)[nH]cn2)cccc1C(=O)O. The van der Waals surface area contributed by atoms with Crippen LogP contribution in [-0.2, 0) is 0 Å². The van der Waals surface area contributed by atoms with E-state index in [2.05, 4.69) is 9.97 Å². The van der Waals surface area contributed by atoms with Gasteiger partial charge in [-0.25, -0.2) is 9.78 Å². The largest absolute Gasteiger partial charge is 0.478 e. The third-order valence-electron chi connectivity index (χ3n) is 2.38. The average Bonchev–Trinajstić information content (AvgIpc) is 2.31. The van der Waals surface area contributed by atoms with Gasteiger partial charge in [0, 0.05) is 5.56 Å². The smallest absolute Gasteiger partial charge is 0.336 e. The number of ether oxygens (including phenoxy) is 1. The van der Waals surface area contributed by atoms with Gasteiger partial charge in [-0.05, 0) is 19.1 Å². The van der Waals surface area contributed by atoms with E-state index in [4.69, 9.17) is 9.84 Å². The Morgan fingerprint density at radius 3 is 2.89 bits per heavy atom. The van der Waals surface area contributed by atoms with Crippen molar-refractivity contribution in [3.63, 3.8) is 0 Å². The first-order chi connectivity index (χ1) is 8.58. The predicted molar refractivity (Wildman–Crippen MR) is 63.1 cm³/mol. The number of hydrogen-bond acceptors (Lipinski definition) is 4. The molecule has 1 heterocycles. The molecule has 2 rings (SSSR count). The van der Waals surface area contributed by atoms with E-state index in [0.717, 1.165) is 0 Å². The molecule has 0 bridgehead atoms. The number of carbonyl (C=O) groups is 1. The number of benzene rings is 1. The lowest BCUT2D eigenvalue weighted by molar-refractivity contribution is 0.0695. The molecule has 0 saturated heterocycles. The van der Waals surface area contributed by atoms with Crippen LogP contribution in [0.15, 0.2) is 35.4 Å². The molecule has 0 atom stereocenters. The van der Waals surface area contributed by atoms with Crippen LogP contribution in [0.2, 0.25) is 0 Å². The Labute approximate surface area is 102 Å². The molecular formula is C12H10N2O4. The Hall–Kier alpha value is -2.63. The number of aromatic amines is 1. The number of hydrogen-bond donors (Lipinski definition) is 2. The molecule has 0 amide bonds. The van der Waals surface area contributed by atoms with Gasteiger partial charge in [0.25, 0.3) is 5.56 Å². The number of aromatic nitrogens is 2. The van der Waals surface area contributed by atoms with Crippen molar-refractivity contribution >= 4 is 5.97 Å². The monoisotopic (exact) mass is 246 g/mol. The molecule has 2 aromatic rings. The van der Waals surface area contributed by atoms with Gasteiger partial charge in [-0.1, -0.05) is 6.07 Å². The normalized spacial score (nSPS) is 10.1. The molecule has 0 aliphatic carbocycles. The highest BCUT2D eigenvalue weighted by atomic mass is 16.5. The fraction of sp³-hybridized carbons (Fsp3) is 0.0833. The van der Waals surface area contributed by atoms with E-state index < -0.39 is 5.97 Å². The van der Waals surface area contributed by atoms with Crippen molar-refractivity contribution < 1.29 is 14.6 Å². The standard InChI is InChI=1S/C12H10N2O4/c1-7-8(12(16)17)3-2-4-9(7)18-11-5-10(15)13-6-14-11/h2-6H,1H3,(H,16,17)(H,13,14,15). The third-order valence-corrected chi connectivity index (χ3v) is 2.38. The summed E-state index contributed by atoms with van der Waals surface area (Å²) in [6.07, 6.45) is 1.22. The van der Waals surface area contributed by atoms with Gasteiger partial charge in [-0.3, -0.25) is 4.79 Å². The van der Waals surface area contributed by atoms with Crippen LogP contribution in [0, 0.1) is 6.92 Å². The lowest BCUT2D eigenvalue weighted by Gasteiger charge is -2.09. The van der Waals surface area contributed by atoms with Gasteiger partial charge in [0.2, 0.25) is 5.88 Å². The number of aromatic carboxylic acids is 1. The van der Waals surface area contributed by atoms with Gasteiger partial charge >= 0.3 is 5.97 Å². The van der Waals surface area contributed by atoms with Crippen LogP contribution in [0.5, 0.6) is 11.6 Å². The van der Waals surface area contributed by atoms with E-state index in [1.54, 1.807) is 19.1 Å². The second kappa shape index (κ2) is 4.70. The van der Waals surface area contributed by atoms with E-state index in [9.17, 15) is 9.59 Å². The second-order valence-electron chi connectivity index (χ2n) is 3.59. The zero-order valence-electron chi connectivity index (χ0n) is 9.51. The molecule has 0 aliphatic rings. The topological polar surface area (TPSA) is 92.3 Å². The van der Waals surface area contributed by atoms with Crippen molar-refractivity contribution in [1.82, 2.24) is 9.97 Å². The van der Waals surface area contributed by atoms with Gasteiger partial charge in [0.15, 0.2) is 0 Å². The van der Waals surface area contributed by atoms with Crippen LogP contribution in [0.1, 0.15) is 15.9 Å². The maximum absolute atomic E-state index is 11.1. The lowest BCUT2D eigenvalue weighted by atomic mass is 10.1. The molecule has 18 heavy (non-hydrogen) atoms. The zero-order valence-corrected chi connectivity index (χ0v) is 9.51. The van der Waals surface area contributed by atoms with Crippen molar-refractivity contribution in [3.05, 3.63) is 52.1 Å². The summed E-state index contributed by atoms with van der Waals surface area (Å²) in [7, 11) is 0. The van der Waals surface area contributed by atoms with Crippen molar-refractivity contribution in [1.29, 1.82) is 0 Å². The number of carboxylic acids is 1. The molecule has 2 N–H and O–H groups in total. The minimum Gasteiger partial charge on any atom is -0.478 e. The first-order valence-electron chi connectivity index (χ1n) is 5.13. The van der Waals surface area contributed by atoms with E-state index >= 15 is 0 Å². The highest BCUT2D eigenvalue weighted by Gasteiger charge is 2.11. The maximum atomic E-state index is 11.1.